The highest BCUT2D eigenvalue weighted by Gasteiger charge is 2.31. The summed E-state index contributed by atoms with van der Waals surface area (Å²) in [7, 11) is 0. The first-order valence-electron chi connectivity index (χ1n) is 4.96. The molecule has 6 nitrogen and oxygen atoms in total. The van der Waals surface area contributed by atoms with Gasteiger partial charge < -0.3 is 0 Å². The van der Waals surface area contributed by atoms with Crippen molar-refractivity contribution < 1.29 is 4.79 Å². The second-order valence-electron chi connectivity index (χ2n) is 3.75. The van der Waals surface area contributed by atoms with Gasteiger partial charge in [0.15, 0.2) is 5.65 Å². The van der Waals surface area contributed by atoms with Crippen LogP contribution in [0.3, 0.4) is 0 Å². The third-order valence-electron chi connectivity index (χ3n) is 2.57. The molecule has 0 spiro atoms. The second-order valence-corrected chi connectivity index (χ2v) is 4.73. The molecule has 8 heteroatoms. The van der Waals surface area contributed by atoms with Crippen molar-refractivity contribution in [2.75, 3.05) is 11.4 Å². The lowest BCUT2D eigenvalue weighted by Gasteiger charge is -2.13. The minimum absolute atomic E-state index is 0.0973. The molecule has 1 saturated heterocycles. The van der Waals surface area contributed by atoms with Gasteiger partial charge in [0.25, 0.3) is 0 Å². The third-order valence-corrected chi connectivity index (χ3v) is 3.15. The van der Waals surface area contributed by atoms with Crippen LogP contribution in [0.25, 0.3) is 11.0 Å². The van der Waals surface area contributed by atoms with Crippen LogP contribution in [0.4, 0.5) is 5.95 Å². The van der Waals surface area contributed by atoms with Crippen molar-refractivity contribution in [3.63, 3.8) is 0 Å². The number of anilines is 1. The van der Waals surface area contributed by atoms with Gasteiger partial charge in [0.05, 0.1) is 17.0 Å². The molecule has 2 aromatic heterocycles. The molecule has 0 radical (unpaired) electrons. The monoisotopic (exact) mass is 271 g/mol. The van der Waals surface area contributed by atoms with Crippen molar-refractivity contribution in [3.05, 3.63) is 11.3 Å². The van der Waals surface area contributed by atoms with E-state index in [4.69, 9.17) is 23.2 Å². The van der Waals surface area contributed by atoms with Crippen LogP contribution in [-0.2, 0) is 4.79 Å². The number of hydrogen-bond donors (Lipinski definition) is 1. The molecule has 1 amide bonds. The van der Waals surface area contributed by atoms with Gasteiger partial charge in [-0.1, -0.05) is 11.6 Å². The normalized spacial score (nSPS) is 20.5. The van der Waals surface area contributed by atoms with Crippen LogP contribution in [0.15, 0.2) is 6.20 Å². The minimum Gasteiger partial charge on any atom is -0.279 e. The molecule has 0 aliphatic carbocycles. The summed E-state index contributed by atoms with van der Waals surface area (Å²) < 4.78 is 0. The number of carbonyl (C=O) groups excluding carboxylic acids is 1. The van der Waals surface area contributed by atoms with Gasteiger partial charge in [-0.05, 0) is 0 Å². The number of rotatable bonds is 1. The molecule has 1 atom stereocenters. The van der Waals surface area contributed by atoms with Gasteiger partial charge >= 0.3 is 0 Å². The smallest absolute Gasteiger partial charge is 0.235 e. The summed E-state index contributed by atoms with van der Waals surface area (Å²) >= 11 is 11.9. The lowest BCUT2D eigenvalue weighted by molar-refractivity contribution is -0.117. The van der Waals surface area contributed by atoms with E-state index in [9.17, 15) is 4.79 Å². The largest absolute Gasteiger partial charge is 0.279 e. The Bertz CT molecular complexity index is 598. The number of nitrogens with zero attached hydrogens (tertiary/aromatic N) is 4. The van der Waals surface area contributed by atoms with Crippen molar-refractivity contribution in [1.29, 1.82) is 0 Å². The van der Waals surface area contributed by atoms with Crippen LogP contribution in [-0.4, -0.2) is 38.0 Å². The third kappa shape index (κ3) is 1.73. The van der Waals surface area contributed by atoms with Gasteiger partial charge in [-0.3, -0.25) is 14.8 Å². The van der Waals surface area contributed by atoms with E-state index in [1.807, 2.05) is 0 Å². The molecule has 0 saturated carbocycles. The molecule has 3 rings (SSSR count). The lowest BCUT2D eigenvalue weighted by Crippen LogP contribution is -2.26. The molecule has 1 unspecified atom stereocenters. The van der Waals surface area contributed by atoms with E-state index in [-0.39, 0.29) is 22.4 Å². The Balaban J connectivity index is 2.08. The number of alkyl halides is 1. The minimum atomic E-state index is -0.206. The summed E-state index contributed by atoms with van der Waals surface area (Å²) in [5, 5.41) is 7.21. The Labute approximate surface area is 106 Å². The van der Waals surface area contributed by atoms with E-state index in [0.717, 1.165) is 0 Å². The average molecular weight is 272 g/mol. The van der Waals surface area contributed by atoms with Crippen LogP contribution in [0, 0.1) is 0 Å². The van der Waals surface area contributed by atoms with Gasteiger partial charge in [-0.2, -0.15) is 15.1 Å². The molecule has 1 aliphatic rings. The average Bonchev–Trinajstić information content (AvgIpc) is 2.84. The van der Waals surface area contributed by atoms with Crippen LogP contribution in [0.2, 0.25) is 5.15 Å². The van der Waals surface area contributed by atoms with Gasteiger partial charge in [0.2, 0.25) is 11.9 Å². The standard InChI is InChI=1S/C9H7Cl2N5O/c10-4-1-6(17)16(3-4)9-13-7(11)5-2-12-15-8(5)14-9/h2,4H,1,3H2,(H,12,13,14,15). The predicted molar refractivity (Wildman–Crippen MR) is 63.3 cm³/mol. The van der Waals surface area contributed by atoms with E-state index >= 15 is 0 Å². The van der Waals surface area contributed by atoms with Crippen molar-refractivity contribution in [1.82, 2.24) is 20.2 Å². The van der Waals surface area contributed by atoms with Gasteiger partial charge in [0, 0.05) is 13.0 Å². The highest BCUT2D eigenvalue weighted by Crippen LogP contribution is 2.25. The molecule has 0 bridgehead atoms. The summed E-state index contributed by atoms with van der Waals surface area (Å²) in [6.45, 7) is 0.399. The Morgan fingerprint density at radius 2 is 2.29 bits per heavy atom. The number of fused-ring (bicyclic) bond motifs is 1. The van der Waals surface area contributed by atoms with Crippen LogP contribution < -0.4 is 4.90 Å². The molecular formula is C9H7Cl2N5O. The SMILES string of the molecule is O=C1CC(Cl)CN1c1nc(Cl)c2cn[nH]c2n1. The van der Waals surface area contributed by atoms with Crippen molar-refractivity contribution in [3.8, 4) is 0 Å². The van der Waals surface area contributed by atoms with E-state index in [2.05, 4.69) is 20.2 Å². The number of aromatic amines is 1. The molecule has 0 aromatic carbocycles. The summed E-state index contributed by atoms with van der Waals surface area (Å²) in [4.78, 5) is 21.4. The molecule has 1 N–H and O–H groups in total. The first-order chi connectivity index (χ1) is 8.15. The Hall–Kier alpha value is -1.40. The fourth-order valence-corrected chi connectivity index (χ4v) is 2.25. The van der Waals surface area contributed by atoms with Gasteiger partial charge in [-0.25, -0.2) is 0 Å². The molecular weight excluding hydrogens is 265 g/mol. The number of hydrogen-bond acceptors (Lipinski definition) is 4. The summed E-state index contributed by atoms with van der Waals surface area (Å²) in [6.07, 6.45) is 1.83. The highest BCUT2D eigenvalue weighted by atomic mass is 35.5. The van der Waals surface area contributed by atoms with E-state index in [1.165, 1.54) is 11.1 Å². The zero-order valence-electron chi connectivity index (χ0n) is 8.52. The fraction of sp³-hybridized carbons (Fsp3) is 0.333. The number of nitrogens with one attached hydrogen (secondary N) is 1. The first-order valence-corrected chi connectivity index (χ1v) is 5.77. The lowest BCUT2D eigenvalue weighted by atomic mass is 10.4. The Morgan fingerprint density at radius 1 is 1.47 bits per heavy atom. The van der Waals surface area contributed by atoms with E-state index < -0.39 is 0 Å². The summed E-state index contributed by atoms with van der Waals surface area (Å²) in [5.74, 6) is 0.167. The topological polar surface area (TPSA) is 74.8 Å². The Kier molecular flexibility index (Phi) is 2.41. The zero-order chi connectivity index (χ0) is 12.0. The zero-order valence-corrected chi connectivity index (χ0v) is 10.0. The van der Waals surface area contributed by atoms with Crippen molar-refractivity contribution in [2.45, 2.75) is 11.8 Å². The van der Waals surface area contributed by atoms with E-state index in [1.54, 1.807) is 0 Å². The molecule has 2 aromatic rings. The number of amides is 1. The number of carbonyl (C=O) groups is 1. The first kappa shape index (κ1) is 10.7. The van der Waals surface area contributed by atoms with E-state index in [0.29, 0.717) is 24.0 Å². The van der Waals surface area contributed by atoms with Gasteiger partial charge in [-0.15, -0.1) is 11.6 Å². The summed E-state index contributed by atoms with van der Waals surface area (Å²) in [6, 6.07) is 0. The number of aromatic nitrogens is 4. The quantitative estimate of drug-likeness (QED) is 0.628. The molecule has 1 fully saturated rings. The van der Waals surface area contributed by atoms with Crippen LogP contribution in [0.5, 0.6) is 0 Å². The molecule has 17 heavy (non-hydrogen) atoms. The predicted octanol–water partition coefficient (Wildman–Crippen LogP) is 1.35. The maximum Gasteiger partial charge on any atom is 0.235 e. The van der Waals surface area contributed by atoms with Crippen LogP contribution in [0.1, 0.15) is 6.42 Å². The van der Waals surface area contributed by atoms with Crippen molar-refractivity contribution >= 4 is 46.1 Å². The van der Waals surface area contributed by atoms with Crippen molar-refractivity contribution in [2.24, 2.45) is 0 Å². The van der Waals surface area contributed by atoms with Gasteiger partial charge in [0.1, 0.15) is 5.15 Å². The molecule has 1 aliphatic heterocycles. The Morgan fingerprint density at radius 3 is 3.00 bits per heavy atom. The maximum atomic E-state index is 11.7. The highest BCUT2D eigenvalue weighted by molar-refractivity contribution is 6.34. The maximum absolute atomic E-state index is 11.7. The van der Waals surface area contributed by atoms with Crippen LogP contribution >= 0.6 is 23.2 Å². The molecule has 88 valence electrons. The number of H-pyrrole nitrogens is 1. The molecule has 3 heterocycles. The fourth-order valence-electron chi connectivity index (χ4n) is 1.77. The summed E-state index contributed by atoms with van der Waals surface area (Å²) in [5.41, 5.74) is 0.505. The second kappa shape index (κ2) is 3.82. The number of halogens is 2.